The summed E-state index contributed by atoms with van der Waals surface area (Å²) in [5, 5.41) is 3.47. The molecule has 1 unspecified atom stereocenters. The fourth-order valence-electron chi connectivity index (χ4n) is 1.36. The molecular formula is C13H17Br2NO2. The Morgan fingerprint density at radius 3 is 2.33 bits per heavy atom. The van der Waals surface area contributed by atoms with Crippen molar-refractivity contribution in [2.24, 2.45) is 0 Å². The third-order valence-corrected chi connectivity index (χ3v) is 3.29. The number of benzene rings is 1. The molecule has 0 saturated carbocycles. The molecule has 0 bridgehead atoms. The number of carbonyl (C=O) groups is 1. The van der Waals surface area contributed by atoms with E-state index >= 15 is 0 Å². The number of alkyl halides is 1. The zero-order valence-corrected chi connectivity index (χ0v) is 13.8. The zero-order chi connectivity index (χ0) is 13.8. The molecule has 0 aromatic heterocycles. The van der Waals surface area contributed by atoms with Gasteiger partial charge in [-0.2, -0.15) is 0 Å². The van der Waals surface area contributed by atoms with Crippen LogP contribution in [-0.4, -0.2) is 17.0 Å². The summed E-state index contributed by atoms with van der Waals surface area (Å²) < 4.78 is 6.25. The summed E-state index contributed by atoms with van der Waals surface area (Å²) in [4.78, 5) is 11.7. The fraction of sp³-hybridized carbons (Fsp3) is 0.462. The lowest BCUT2D eigenvalue weighted by Crippen LogP contribution is -2.35. The first-order valence-corrected chi connectivity index (χ1v) is 7.54. The van der Waals surface area contributed by atoms with Gasteiger partial charge in [-0.1, -0.05) is 44.0 Å². The Bertz CT molecular complexity index is 398. The van der Waals surface area contributed by atoms with Crippen LogP contribution in [0.25, 0.3) is 0 Å². The highest BCUT2D eigenvalue weighted by Crippen LogP contribution is 2.19. The van der Waals surface area contributed by atoms with Gasteiger partial charge in [0.2, 0.25) is 0 Å². The number of carbonyl (C=O) groups excluding carboxylic acids is 1. The summed E-state index contributed by atoms with van der Waals surface area (Å²) in [6.45, 7) is 5.53. The Morgan fingerprint density at radius 1 is 1.33 bits per heavy atom. The van der Waals surface area contributed by atoms with Crippen molar-refractivity contribution in [3.8, 4) is 0 Å². The predicted octanol–water partition coefficient (Wildman–Crippen LogP) is 4.41. The van der Waals surface area contributed by atoms with Crippen LogP contribution >= 0.6 is 31.9 Å². The van der Waals surface area contributed by atoms with E-state index in [9.17, 15) is 4.79 Å². The smallest absolute Gasteiger partial charge is 0.408 e. The van der Waals surface area contributed by atoms with Crippen molar-refractivity contribution in [2.75, 3.05) is 5.33 Å². The molecule has 0 heterocycles. The Labute approximate surface area is 125 Å². The molecule has 5 heteroatoms. The minimum Gasteiger partial charge on any atom is -0.444 e. The summed E-state index contributed by atoms with van der Waals surface area (Å²) in [7, 11) is 0. The van der Waals surface area contributed by atoms with Gasteiger partial charge < -0.3 is 10.1 Å². The third kappa shape index (κ3) is 5.40. The van der Waals surface area contributed by atoms with E-state index in [4.69, 9.17) is 4.74 Å². The zero-order valence-electron chi connectivity index (χ0n) is 10.7. The van der Waals surface area contributed by atoms with E-state index in [1.54, 1.807) is 0 Å². The average Bonchev–Trinajstić information content (AvgIpc) is 2.25. The van der Waals surface area contributed by atoms with E-state index in [2.05, 4.69) is 37.2 Å². The van der Waals surface area contributed by atoms with Crippen molar-refractivity contribution in [3.05, 3.63) is 34.3 Å². The first kappa shape index (κ1) is 15.5. The maximum atomic E-state index is 11.7. The summed E-state index contributed by atoms with van der Waals surface area (Å²) >= 11 is 6.78. The number of ether oxygens (including phenoxy) is 1. The van der Waals surface area contributed by atoms with Gasteiger partial charge in [0.25, 0.3) is 0 Å². The molecule has 0 aliphatic heterocycles. The van der Waals surface area contributed by atoms with Gasteiger partial charge in [-0.25, -0.2) is 4.79 Å². The van der Waals surface area contributed by atoms with Gasteiger partial charge in [0.05, 0.1) is 6.04 Å². The second kappa shape index (κ2) is 6.57. The molecule has 0 aliphatic rings. The van der Waals surface area contributed by atoms with Crippen LogP contribution in [-0.2, 0) is 4.74 Å². The molecule has 18 heavy (non-hydrogen) atoms. The summed E-state index contributed by atoms with van der Waals surface area (Å²) in [5.41, 5.74) is 0.543. The van der Waals surface area contributed by atoms with Gasteiger partial charge in [-0.15, -0.1) is 0 Å². The number of hydrogen-bond donors (Lipinski definition) is 1. The van der Waals surface area contributed by atoms with Crippen LogP contribution < -0.4 is 5.32 Å². The van der Waals surface area contributed by atoms with E-state index < -0.39 is 11.7 Å². The molecule has 1 amide bonds. The van der Waals surface area contributed by atoms with E-state index in [1.807, 2.05) is 45.0 Å². The van der Waals surface area contributed by atoms with Crippen LogP contribution in [0.1, 0.15) is 32.4 Å². The first-order valence-electron chi connectivity index (χ1n) is 5.63. The second-order valence-corrected chi connectivity index (χ2v) is 6.47. The first-order chi connectivity index (χ1) is 8.31. The van der Waals surface area contributed by atoms with Crippen molar-refractivity contribution < 1.29 is 9.53 Å². The van der Waals surface area contributed by atoms with Crippen LogP contribution in [0.4, 0.5) is 4.79 Å². The SMILES string of the molecule is CC(C)(C)OC(=O)NC(CBr)c1ccc(Br)cc1. The number of nitrogens with one attached hydrogen (secondary N) is 1. The predicted molar refractivity (Wildman–Crippen MR) is 80.0 cm³/mol. The molecule has 1 aromatic rings. The lowest BCUT2D eigenvalue weighted by atomic mass is 10.1. The third-order valence-electron chi connectivity index (χ3n) is 2.12. The summed E-state index contributed by atoms with van der Waals surface area (Å²) in [6, 6.07) is 7.72. The van der Waals surface area contributed by atoms with Gasteiger partial charge in [-0.3, -0.25) is 0 Å². The van der Waals surface area contributed by atoms with Crippen LogP contribution in [0.3, 0.4) is 0 Å². The van der Waals surface area contributed by atoms with Crippen LogP contribution in [0.15, 0.2) is 28.7 Å². The quantitative estimate of drug-likeness (QED) is 0.791. The molecule has 0 aliphatic carbocycles. The minimum absolute atomic E-state index is 0.104. The van der Waals surface area contributed by atoms with Crippen molar-refractivity contribution in [1.29, 1.82) is 0 Å². The molecule has 1 N–H and O–H groups in total. The highest BCUT2D eigenvalue weighted by atomic mass is 79.9. The van der Waals surface area contributed by atoms with E-state index in [0.29, 0.717) is 5.33 Å². The van der Waals surface area contributed by atoms with Crippen LogP contribution in [0.2, 0.25) is 0 Å². The normalized spacial score (nSPS) is 12.9. The van der Waals surface area contributed by atoms with E-state index in [-0.39, 0.29) is 6.04 Å². The molecule has 0 fully saturated rings. The molecule has 1 rings (SSSR count). The van der Waals surface area contributed by atoms with Gasteiger partial charge in [0.1, 0.15) is 5.60 Å². The highest BCUT2D eigenvalue weighted by molar-refractivity contribution is 9.10. The Morgan fingerprint density at radius 2 is 1.89 bits per heavy atom. The van der Waals surface area contributed by atoms with E-state index in [1.165, 1.54) is 0 Å². The standard InChI is InChI=1S/C13H17Br2NO2/c1-13(2,3)18-12(17)16-11(8-14)9-4-6-10(15)7-5-9/h4-7,11H,8H2,1-3H3,(H,16,17). The Hall–Kier alpha value is -0.550. The molecule has 1 atom stereocenters. The molecule has 3 nitrogen and oxygen atoms in total. The lowest BCUT2D eigenvalue weighted by molar-refractivity contribution is 0.0509. The summed E-state index contributed by atoms with van der Waals surface area (Å²) in [5.74, 6) is 0. The minimum atomic E-state index is -0.485. The van der Waals surface area contributed by atoms with Crippen molar-refractivity contribution in [1.82, 2.24) is 5.32 Å². The molecule has 0 saturated heterocycles. The number of alkyl carbamates (subject to hydrolysis) is 1. The lowest BCUT2D eigenvalue weighted by Gasteiger charge is -2.23. The van der Waals surface area contributed by atoms with Gasteiger partial charge >= 0.3 is 6.09 Å². The molecular weight excluding hydrogens is 362 g/mol. The molecule has 1 aromatic carbocycles. The fourth-order valence-corrected chi connectivity index (χ4v) is 2.16. The summed E-state index contributed by atoms with van der Waals surface area (Å²) in [6.07, 6.45) is -0.408. The van der Waals surface area contributed by atoms with Crippen molar-refractivity contribution in [2.45, 2.75) is 32.4 Å². The maximum Gasteiger partial charge on any atom is 0.408 e. The number of hydrogen-bond acceptors (Lipinski definition) is 2. The Balaban J connectivity index is 2.68. The maximum absolute atomic E-state index is 11.7. The monoisotopic (exact) mass is 377 g/mol. The molecule has 0 spiro atoms. The average molecular weight is 379 g/mol. The Kier molecular flexibility index (Phi) is 5.66. The van der Waals surface area contributed by atoms with Crippen molar-refractivity contribution >= 4 is 38.0 Å². The van der Waals surface area contributed by atoms with Gasteiger partial charge in [-0.05, 0) is 38.5 Å². The van der Waals surface area contributed by atoms with Crippen LogP contribution in [0.5, 0.6) is 0 Å². The number of halogens is 2. The van der Waals surface area contributed by atoms with Crippen LogP contribution in [0, 0.1) is 0 Å². The highest BCUT2D eigenvalue weighted by Gasteiger charge is 2.19. The number of rotatable bonds is 3. The second-order valence-electron chi connectivity index (χ2n) is 4.90. The van der Waals surface area contributed by atoms with Crippen molar-refractivity contribution in [3.63, 3.8) is 0 Å². The number of amides is 1. The largest absolute Gasteiger partial charge is 0.444 e. The molecule has 100 valence electrons. The van der Waals surface area contributed by atoms with E-state index in [0.717, 1.165) is 10.0 Å². The van der Waals surface area contributed by atoms with Gasteiger partial charge in [0.15, 0.2) is 0 Å². The molecule has 0 radical (unpaired) electrons. The topological polar surface area (TPSA) is 38.3 Å². The van der Waals surface area contributed by atoms with Gasteiger partial charge in [0, 0.05) is 9.80 Å².